The molecule has 0 unspecified atom stereocenters. The molecular weight excluding hydrogens is 424 g/mol. The summed E-state index contributed by atoms with van der Waals surface area (Å²) < 4.78 is 0. The molecule has 3 N–H and O–H groups in total. The fourth-order valence-electron chi connectivity index (χ4n) is 4.24. The number of carbonyl (C=O) groups excluding carboxylic acids is 2. The van der Waals surface area contributed by atoms with Crippen molar-refractivity contribution in [1.29, 1.82) is 0 Å². The third-order valence-electron chi connectivity index (χ3n) is 6.02. The molecule has 0 fully saturated rings. The van der Waals surface area contributed by atoms with E-state index in [0.717, 1.165) is 22.5 Å². The molecule has 0 radical (unpaired) electrons. The van der Waals surface area contributed by atoms with Crippen molar-refractivity contribution in [3.63, 3.8) is 0 Å². The highest BCUT2D eigenvalue weighted by molar-refractivity contribution is 6.12. The van der Waals surface area contributed by atoms with Gasteiger partial charge in [0.15, 0.2) is 0 Å². The van der Waals surface area contributed by atoms with E-state index in [1.807, 2.05) is 94.4 Å². The average Bonchev–Trinajstić information content (AvgIpc) is 2.82. The highest BCUT2D eigenvalue weighted by atomic mass is 16.2. The first-order valence-electron chi connectivity index (χ1n) is 11.2. The predicted molar refractivity (Wildman–Crippen MR) is 135 cm³/mol. The minimum Gasteiger partial charge on any atom is -0.362 e. The van der Waals surface area contributed by atoms with E-state index in [9.17, 15) is 9.59 Å². The first kappa shape index (κ1) is 23.0. The molecule has 1 aromatic heterocycles. The van der Waals surface area contributed by atoms with Gasteiger partial charge in [0.25, 0.3) is 11.8 Å². The maximum atomic E-state index is 13.6. The minimum atomic E-state index is -0.629. The van der Waals surface area contributed by atoms with E-state index in [0.29, 0.717) is 28.2 Å². The lowest BCUT2D eigenvalue weighted by atomic mass is 9.81. The molecule has 1 aliphatic heterocycles. The van der Waals surface area contributed by atoms with Crippen molar-refractivity contribution in [2.75, 3.05) is 10.6 Å². The number of allylic oxidation sites excluding steroid dienone is 2. The summed E-state index contributed by atoms with van der Waals surface area (Å²) >= 11 is 0. The van der Waals surface area contributed by atoms with E-state index in [2.05, 4.69) is 20.9 Å². The molecule has 2 aromatic carbocycles. The Morgan fingerprint density at radius 2 is 1.18 bits per heavy atom. The summed E-state index contributed by atoms with van der Waals surface area (Å²) in [7, 11) is 0. The van der Waals surface area contributed by atoms with Crippen LogP contribution in [0.4, 0.5) is 11.4 Å². The highest BCUT2D eigenvalue weighted by Gasteiger charge is 2.37. The maximum absolute atomic E-state index is 13.6. The van der Waals surface area contributed by atoms with E-state index >= 15 is 0 Å². The molecule has 4 rings (SSSR count). The Morgan fingerprint density at radius 1 is 0.706 bits per heavy atom. The Morgan fingerprint density at radius 3 is 1.62 bits per heavy atom. The Balaban J connectivity index is 1.76. The van der Waals surface area contributed by atoms with Crippen LogP contribution in [0.25, 0.3) is 0 Å². The summed E-state index contributed by atoms with van der Waals surface area (Å²) in [4.78, 5) is 31.7. The van der Waals surface area contributed by atoms with Gasteiger partial charge in [0.2, 0.25) is 0 Å². The number of hydrogen-bond donors (Lipinski definition) is 3. The van der Waals surface area contributed by atoms with E-state index in [1.54, 1.807) is 6.20 Å². The van der Waals surface area contributed by atoms with Crippen LogP contribution in [0.15, 0.2) is 95.5 Å². The second-order valence-corrected chi connectivity index (χ2v) is 8.43. The van der Waals surface area contributed by atoms with Crippen LogP contribution < -0.4 is 16.0 Å². The summed E-state index contributed by atoms with van der Waals surface area (Å²) in [5, 5.41) is 9.30. The van der Waals surface area contributed by atoms with Crippen molar-refractivity contribution in [2.45, 2.75) is 33.6 Å². The molecule has 2 amide bonds. The van der Waals surface area contributed by atoms with Crippen LogP contribution >= 0.6 is 0 Å². The number of aromatic nitrogens is 1. The van der Waals surface area contributed by atoms with Gasteiger partial charge in [0.1, 0.15) is 0 Å². The molecule has 0 saturated carbocycles. The van der Waals surface area contributed by atoms with Gasteiger partial charge in [0.05, 0.1) is 11.6 Å². The quantitative estimate of drug-likeness (QED) is 0.496. The van der Waals surface area contributed by atoms with Crippen LogP contribution in [0.1, 0.15) is 36.6 Å². The minimum absolute atomic E-state index is 0.274. The van der Waals surface area contributed by atoms with E-state index in [1.165, 1.54) is 0 Å². The van der Waals surface area contributed by atoms with Crippen molar-refractivity contribution in [2.24, 2.45) is 0 Å². The maximum Gasteiger partial charge on any atom is 0.254 e. The Hall–Kier alpha value is -4.19. The molecule has 6 heteroatoms. The molecule has 1 aliphatic rings. The van der Waals surface area contributed by atoms with Gasteiger partial charge in [0, 0.05) is 40.1 Å². The lowest BCUT2D eigenvalue weighted by Gasteiger charge is -2.31. The molecular formula is C28H28N4O2. The Kier molecular flexibility index (Phi) is 6.59. The number of para-hydroxylation sites is 2. The summed E-state index contributed by atoms with van der Waals surface area (Å²) in [5.74, 6) is -1.18. The zero-order chi connectivity index (χ0) is 24.2. The first-order chi connectivity index (χ1) is 16.4. The topological polar surface area (TPSA) is 83.1 Å². The Bertz CT molecular complexity index is 1230. The molecule has 0 atom stereocenters. The van der Waals surface area contributed by atoms with Crippen molar-refractivity contribution >= 4 is 23.2 Å². The highest BCUT2D eigenvalue weighted by Crippen LogP contribution is 2.38. The van der Waals surface area contributed by atoms with Gasteiger partial charge in [-0.1, -0.05) is 42.5 Å². The van der Waals surface area contributed by atoms with Crippen LogP contribution in [0.5, 0.6) is 0 Å². The zero-order valence-corrected chi connectivity index (χ0v) is 19.8. The van der Waals surface area contributed by atoms with Crippen LogP contribution in [0.2, 0.25) is 0 Å². The summed E-state index contributed by atoms with van der Waals surface area (Å²) in [6.45, 7) is 7.58. The first-order valence-corrected chi connectivity index (χ1v) is 11.2. The molecule has 6 nitrogen and oxygen atoms in total. The third kappa shape index (κ3) is 4.62. The number of anilines is 2. The molecule has 172 valence electrons. The van der Waals surface area contributed by atoms with Gasteiger partial charge < -0.3 is 16.0 Å². The second kappa shape index (κ2) is 9.75. The number of carbonyl (C=O) groups is 2. The summed E-state index contributed by atoms with van der Waals surface area (Å²) in [6, 6.07) is 20.7. The Labute approximate surface area is 199 Å². The van der Waals surface area contributed by atoms with Crippen molar-refractivity contribution in [1.82, 2.24) is 10.3 Å². The molecule has 0 bridgehead atoms. The fourth-order valence-corrected chi connectivity index (χ4v) is 4.24. The molecule has 2 heterocycles. The van der Waals surface area contributed by atoms with Crippen LogP contribution in [-0.2, 0) is 9.59 Å². The standard InChI is InChI=1S/C28H28N4O2/c1-17-11-5-7-13-21(17)31-27(33)24-19(3)30-20(4)25(26(24)23-15-9-10-16-29-23)28(34)32-22-14-8-6-12-18(22)2/h5-16,26,30H,1-4H3,(H,31,33)(H,32,34). The van der Waals surface area contributed by atoms with Crippen LogP contribution in [0.3, 0.4) is 0 Å². The smallest absolute Gasteiger partial charge is 0.254 e. The summed E-state index contributed by atoms with van der Waals surface area (Å²) in [5.41, 5.74) is 6.29. The monoisotopic (exact) mass is 452 g/mol. The number of amides is 2. The number of nitrogens with one attached hydrogen (secondary N) is 3. The SMILES string of the molecule is CC1=C(C(=O)Nc2ccccc2C)C(c2ccccn2)C(C(=O)Nc2ccccc2C)=C(C)N1. The predicted octanol–water partition coefficient (Wildman–Crippen LogP) is 5.21. The van der Waals surface area contributed by atoms with Crippen LogP contribution in [0, 0.1) is 13.8 Å². The second-order valence-electron chi connectivity index (χ2n) is 8.43. The summed E-state index contributed by atoms with van der Waals surface area (Å²) in [6.07, 6.45) is 1.68. The molecule has 3 aromatic rings. The van der Waals surface area contributed by atoms with Gasteiger partial charge in [-0.05, 0) is 63.1 Å². The van der Waals surface area contributed by atoms with Gasteiger partial charge in [-0.3, -0.25) is 14.6 Å². The zero-order valence-electron chi connectivity index (χ0n) is 19.8. The molecule has 0 aliphatic carbocycles. The lowest BCUT2D eigenvalue weighted by Crippen LogP contribution is -2.35. The van der Waals surface area contributed by atoms with Crippen molar-refractivity contribution in [3.05, 3.63) is 112 Å². The van der Waals surface area contributed by atoms with Crippen LogP contribution in [-0.4, -0.2) is 16.8 Å². The van der Waals surface area contributed by atoms with E-state index in [4.69, 9.17) is 0 Å². The largest absolute Gasteiger partial charge is 0.362 e. The lowest BCUT2D eigenvalue weighted by molar-refractivity contribution is -0.113. The third-order valence-corrected chi connectivity index (χ3v) is 6.02. The molecule has 0 spiro atoms. The molecule has 0 saturated heterocycles. The average molecular weight is 453 g/mol. The van der Waals surface area contributed by atoms with Gasteiger partial charge in [-0.15, -0.1) is 0 Å². The number of nitrogens with zero attached hydrogens (tertiary/aromatic N) is 1. The fraction of sp³-hybridized carbons (Fsp3) is 0.179. The van der Waals surface area contributed by atoms with E-state index < -0.39 is 5.92 Å². The number of aryl methyl sites for hydroxylation is 2. The van der Waals surface area contributed by atoms with Gasteiger partial charge in [-0.2, -0.15) is 0 Å². The molecule has 34 heavy (non-hydrogen) atoms. The van der Waals surface area contributed by atoms with Crippen molar-refractivity contribution < 1.29 is 9.59 Å². The van der Waals surface area contributed by atoms with E-state index in [-0.39, 0.29) is 11.8 Å². The number of pyridine rings is 1. The van der Waals surface area contributed by atoms with Gasteiger partial charge >= 0.3 is 0 Å². The number of benzene rings is 2. The van der Waals surface area contributed by atoms with Gasteiger partial charge in [-0.25, -0.2) is 0 Å². The number of rotatable bonds is 5. The number of hydrogen-bond acceptors (Lipinski definition) is 4. The number of dihydropyridines is 1. The van der Waals surface area contributed by atoms with Crippen molar-refractivity contribution in [3.8, 4) is 0 Å². The normalized spacial score (nSPS) is 14.0.